The molecular formula is C8H15NO. The highest BCUT2D eigenvalue weighted by Crippen LogP contribution is 2.25. The van der Waals surface area contributed by atoms with Crippen molar-refractivity contribution in [1.29, 1.82) is 0 Å². The number of carbonyl (C=O) groups is 1. The van der Waals surface area contributed by atoms with Crippen molar-refractivity contribution in [3.8, 4) is 0 Å². The summed E-state index contributed by atoms with van der Waals surface area (Å²) in [5, 5.41) is 3.12. The zero-order valence-corrected chi connectivity index (χ0v) is 6.90. The van der Waals surface area contributed by atoms with Crippen LogP contribution in [-0.4, -0.2) is 18.9 Å². The van der Waals surface area contributed by atoms with Crippen LogP contribution in [0.1, 0.15) is 20.8 Å². The van der Waals surface area contributed by atoms with Crippen molar-refractivity contribution >= 4 is 5.78 Å². The fraction of sp³-hybridized carbons (Fsp3) is 0.875. The van der Waals surface area contributed by atoms with E-state index in [2.05, 4.69) is 5.32 Å². The Morgan fingerprint density at radius 2 is 2.00 bits per heavy atom. The van der Waals surface area contributed by atoms with Crippen molar-refractivity contribution in [2.75, 3.05) is 13.1 Å². The Morgan fingerprint density at radius 1 is 1.50 bits per heavy atom. The van der Waals surface area contributed by atoms with E-state index < -0.39 is 0 Å². The molecule has 0 bridgehead atoms. The van der Waals surface area contributed by atoms with Gasteiger partial charge in [-0.15, -0.1) is 0 Å². The van der Waals surface area contributed by atoms with Gasteiger partial charge in [-0.25, -0.2) is 0 Å². The topological polar surface area (TPSA) is 29.1 Å². The number of rotatable bonds is 2. The molecule has 1 aliphatic heterocycles. The molecule has 0 unspecified atom stereocenters. The Balaban J connectivity index is 2.55. The van der Waals surface area contributed by atoms with Crippen LogP contribution in [0.25, 0.3) is 0 Å². The first kappa shape index (κ1) is 7.73. The molecule has 1 N–H and O–H groups in total. The van der Waals surface area contributed by atoms with Gasteiger partial charge in [-0.05, 0) is 0 Å². The van der Waals surface area contributed by atoms with E-state index in [-0.39, 0.29) is 11.3 Å². The minimum atomic E-state index is -0.0475. The van der Waals surface area contributed by atoms with Crippen LogP contribution >= 0.6 is 0 Å². The summed E-state index contributed by atoms with van der Waals surface area (Å²) in [5.41, 5.74) is -0.0475. The molecule has 2 nitrogen and oxygen atoms in total. The van der Waals surface area contributed by atoms with Gasteiger partial charge in [-0.3, -0.25) is 4.79 Å². The second-order valence-corrected chi connectivity index (χ2v) is 3.68. The summed E-state index contributed by atoms with van der Waals surface area (Å²) in [5.74, 6) is 0.582. The maximum absolute atomic E-state index is 11.4. The summed E-state index contributed by atoms with van der Waals surface area (Å²) >= 11 is 0. The maximum Gasteiger partial charge on any atom is 0.143 e. The van der Waals surface area contributed by atoms with E-state index in [1.165, 1.54) is 0 Å². The first-order chi connectivity index (χ1) is 4.56. The fourth-order valence-corrected chi connectivity index (χ4v) is 1.37. The van der Waals surface area contributed by atoms with Crippen molar-refractivity contribution in [3.05, 3.63) is 0 Å². The molecule has 1 fully saturated rings. The van der Waals surface area contributed by atoms with Crippen LogP contribution in [0, 0.1) is 11.3 Å². The molecule has 0 aliphatic carbocycles. The van der Waals surface area contributed by atoms with E-state index in [4.69, 9.17) is 0 Å². The lowest BCUT2D eigenvalue weighted by molar-refractivity contribution is -0.133. The molecule has 10 heavy (non-hydrogen) atoms. The Bertz CT molecular complexity index is 147. The Morgan fingerprint density at radius 3 is 2.10 bits per heavy atom. The van der Waals surface area contributed by atoms with E-state index in [0.717, 1.165) is 13.1 Å². The van der Waals surface area contributed by atoms with Crippen LogP contribution in [0.3, 0.4) is 0 Å². The number of nitrogens with one attached hydrogen (secondary N) is 1. The molecule has 0 radical (unpaired) electrons. The molecule has 1 heterocycles. The summed E-state index contributed by atoms with van der Waals surface area (Å²) in [6.07, 6.45) is 0. The van der Waals surface area contributed by atoms with Crippen LogP contribution < -0.4 is 5.32 Å². The van der Waals surface area contributed by atoms with Crippen LogP contribution in [0.5, 0.6) is 0 Å². The average Bonchev–Trinajstić information content (AvgIpc) is 1.81. The predicted octanol–water partition coefficient (Wildman–Crippen LogP) is 0.821. The maximum atomic E-state index is 11.4. The van der Waals surface area contributed by atoms with Gasteiger partial charge in [-0.1, -0.05) is 20.8 Å². The van der Waals surface area contributed by atoms with E-state index in [1.54, 1.807) is 0 Å². The van der Waals surface area contributed by atoms with Gasteiger partial charge in [0.15, 0.2) is 0 Å². The molecule has 0 aromatic rings. The summed E-state index contributed by atoms with van der Waals surface area (Å²) in [6.45, 7) is 7.69. The lowest BCUT2D eigenvalue weighted by Gasteiger charge is -2.38. The smallest absolute Gasteiger partial charge is 0.143 e. The third-order valence-electron chi connectivity index (χ3n) is 2.15. The van der Waals surface area contributed by atoms with Gasteiger partial charge >= 0.3 is 0 Å². The standard InChI is InChI=1S/C8H15NO/c1-6(2)7(10)8(3)4-9-5-8/h6,9H,4-5H2,1-3H3. The number of Topliss-reactive ketones (excluding diaryl/α,β-unsaturated/α-hetero) is 1. The molecule has 0 saturated carbocycles. The van der Waals surface area contributed by atoms with Crippen molar-refractivity contribution in [1.82, 2.24) is 5.32 Å². The largest absolute Gasteiger partial charge is 0.315 e. The molecule has 1 saturated heterocycles. The summed E-state index contributed by atoms with van der Waals surface area (Å²) < 4.78 is 0. The van der Waals surface area contributed by atoms with Crippen molar-refractivity contribution in [3.63, 3.8) is 0 Å². The average molecular weight is 141 g/mol. The SMILES string of the molecule is CC(C)C(=O)C1(C)CNC1. The van der Waals surface area contributed by atoms with Crippen LogP contribution in [0.2, 0.25) is 0 Å². The van der Waals surface area contributed by atoms with Gasteiger partial charge in [0.25, 0.3) is 0 Å². The molecule has 0 aromatic heterocycles. The lowest BCUT2D eigenvalue weighted by atomic mass is 9.76. The molecule has 0 atom stereocenters. The molecule has 2 heteroatoms. The summed E-state index contributed by atoms with van der Waals surface area (Å²) in [6, 6.07) is 0. The quantitative estimate of drug-likeness (QED) is 0.617. The second kappa shape index (κ2) is 2.35. The molecule has 1 aliphatic rings. The van der Waals surface area contributed by atoms with Gasteiger partial charge in [-0.2, -0.15) is 0 Å². The van der Waals surface area contributed by atoms with Crippen LogP contribution in [-0.2, 0) is 4.79 Å². The van der Waals surface area contributed by atoms with Crippen molar-refractivity contribution < 1.29 is 4.79 Å². The van der Waals surface area contributed by atoms with Crippen molar-refractivity contribution in [2.45, 2.75) is 20.8 Å². The van der Waals surface area contributed by atoms with Crippen LogP contribution in [0.4, 0.5) is 0 Å². The number of ketones is 1. The zero-order chi connectivity index (χ0) is 7.78. The highest BCUT2D eigenvalue weighted by Gasteiger charge is 2.39. The molecule has 0 amide bonds. The second-order valence-electron chi connectivity index (χ2n) is 3.68. The monoisotopic (exact) mass is 141 g/mol. The zero-order valence-electron chi connectivity index (χ0n) is 6.90. The summed E-state index contributed by atoms with van der Waals surface area (Å²) in [4.78, 5) is 11.4. The van der Waals surface area contributed by atoms with E-state index in [0.29, 0.717) is 5.78 Å². The fourth-order valence-electron chi connectivity index (χ4n) is 1.37. The Kier molecular flexibility index (Phi) is 1.82. The third-order valence-corrected chi connectivity index (χ3v) is 2.15. The predicted molar refractivity (Wildman–Crippen MR) is 40.8 cm³/mol. The Labute approximate surface area is 62.0 Å². The minimum Gasteiger partial charge on any atom is -0.315 e. The first-order valence-electron chi connectivity index (χ1n) is 3.81. The van der Waals surface area contributed by atoms with Gasteiger partial charge in [0.05, 0.1) is 5.41 Å². The van der Waals surface area contributed by atoms with Crippen molar-refractivity contribution in [2.24, 2.45) is 11.3 Å². The molecule has 1 rings (SSSR count). The molecular weight excluding hydrogens is 126 g/mol. The lowest BCUT2D eigenvalue weighted by Crippen LogP contribution is -2.57. The third kappa shape index (κ3) is 1.08. The summed E-state index contributed by atoms with van der Waals surface area (Å²) in [7, 11) is 0. The molecule has 0 aromatic carbocycles. The van der Waals surface area contributed by atoms with Gasteiger partial charge in [0, 0.05) is 19.0 Å². The van der Waals surface area contributed by atoms with E-state index in [1.807, 2.05) is 20.8 Å². The van der Waals surface area contributed by atoms with E-state index >= 15 is 0 Å². The highest BCUT2D eigenvalue weighted by atomic mass is 16.1. The Hall–Kier alpha value is -0.370. The minimum absolute atomic E-state index is 0.0475. The van der Waals surface area contributed by atoms with Crippen LogP contribution in [0.15, 0.2) is 0 Å². The number of hydrogen-bond donors (Lipinski definition) is 1. The molecule has 58 valence electrons. The van der Waals surface area contributed by atoms with Gasteiger partial charge in [0.2, 0.25) is 0 Å². The van der Waals surface area contributed by atoms with E-state index in [9.17, 15) is 4.79 Å². The van der Waals surface area contributed by atoms with Gasteiger partial charge in [0.1, 0.15) is 5.78 Å². The number of hydrogen-bond acceptors (Lipinski definition) is 2. The first-order valence-corrected chi connectivity index (χ1v) is 3.81. The number of carbonyl (C=O) groups excluding carboxylic acids is 1. The highest BCUT2D eigenvalue weighted by molar-refractivity contribution is 5.87. The normalized spacial score (nSPS) is 22.4. The molecule has 0 spiro atoms. The van der Waals surface area contributed by atoms with Gasteiger partial charge < -0.3 is 5.32 Å².